The Morgan fingerprint density at radius 2 is 2.10 bits per heavy atom. The minimum Gasteiger partial charge on any atom is -0.462 e. The molecule has 29 heavy (non-hydrogen) atoms. The maximum absolute atomic E-state index is 12.6. The number of piperidine rings is 1. The first-order valence-electron chi connectivity index (χ1n) is 10.4. The zero-order chi connectivity index (χ0) is 21.4. The Morgan fingerprint density at radius 1 is 1.34 bits per heavy atom. The summed E-state index contributed by atoms with van der Waals surface area (Å²) in [6, 6.07) is 0.164. The van der Waals surface area contributed by atoms with E-state index in [2.05, 4.69) is 22.7 Å². The minimum atomic E-state index is -0.521. The van der Waals surface area contributed by atoms with E-state index >= 15 is 0 Å². The highest BCUT2D eigenvalue weighted by Gasteiger charge is 2.28. The van der Waals surface area contributed by atoms with Crippen LogP contribution in [0.3, 0.4) is 0 Å². The Kier molecular flexibility index (Phi) is 8.63. The molecule has 9 nitrogen and oxygen atoms in total. The van der Waals surface area contributed by atoms with Crippen molar-refractivity contribution < 1.29 is 19.1 Å². The van der Waals surface area contributed by atoms with Crippen LogP contribution in [0.2, 0.25) is 0 Å². The van der Waals surface area contributed by atoms with Crippen LogP contribution in [0.15, 0.2) is 6.20 Å². The highest BCUT2D eigenvalue weighted by molar-refractivity contribution is 6.00. The summed E-state index contributed by atoms with van der Waals surface area (Å²) in [6.07, 6.45) is 5.06. The van der Waals surface area contributed by atoms with Gasteiger partial charge < -0.3 is 15.4 Å². The third-order valence-corrected chi connectivity index (χ3v) is 5.05. The number of aromatic nitrogens is 2. The number of esters is 1. The molecule has 162 valence electrons. The number of carbonyl (C=O) groups excluding carboxylic acids is 3. The smallest absolute Gasteiger partial charge is 0.343 e. The van der Waals surface area contributed by atoms with Gasteiger partial charge in [-0.1, -0.05) is 13.3 Å². The molecule has 0 spiro atoms. The number of nitrogens with zero attached hydrogens (tertiary/aromatic N) is 3. The van der Waals surface area contributed by atoms with Crippen molar-refractivity contribution in [2.75, 3.05) is 31.6 Å². The van der Waals surface area contributed by atoms with Crippen molar-refractivity contribution in [3.63, 3.8) is 0 Å². The minimum absolute atomic E-state index is 0.0623. The van der Waals surface area contributed by atoms with Crippen molar-refractivity contribution in [3.05, 3.63) is 11.8 Å². The predicted molar refractivity (Wildman–Crippen MR) is 109 cm³/mol. The number of likely N-dealkylation sites (tertiary alicyclic amines) is 1. The predicted octanol–water partition coefficient (Wildman–Crippen LogP) is 1.55. The van der Waals surface area contributed by atoms with Crippen molar-refractivity contribution >= 4 is 23.6 Å². The van der Waals surface area contributed by atoms with Crippen LogP contribution < -0.4 is 10.6 Å². The quantitative estimate of drug-likeness (QED) is 0.602. The zero-order valence-electron chi connectivity index (χ0n) is 17.9. The second kappa shape index (κ2) is 10.9. The van der Waals surface area contributed by atoms with Gasteiger partial charge in [0.25, 0.3) is 0 Å². The van der Waals surface area contributed by atoms with Crippen LogP contribution in [-0.2, 0) is 21.4 Å². The van der Waals surface area contributed by atoms with E-state index in [-0.39, 0.29) is 42.5 Å². The number of hydrogen-bond donors (Lipinski definition) is 2. The number of ether oxygens (including phenoxy) is 1. The van der Waals surface area contributed by atoms with Crippen molar-refractivity contribution in [2.24, 2.45) is 13.0 Å². The summed E-state index contributed by atoms with van der Waals surface area (Å²) in [5, 5.41) is 9.86. The van der Waals surface area contributed by atoms with Gasteiger partial charge in [0.2, 0.25) is 11.8 Å². The van der Waals surface area contributed by atoms with Gasteiger partial charge in [-0.2, -0.15) is 5.10 Å². The lowest BCUT2D eigenvalue weighted by Gasteiger charge is -2.32. The number of nitrogens with one attached hydrogen (secondary N) is 2. The molecule has 2 unspecified atom stereocenters. The summed E-state index contributed by atoms with van der Waals surface area (Å²) in [7, 11) is 1.65. The fourth-order valence-corrected chi connectivity index (χ4v) is 3.60. The van der Waals surface area contributed by atoms with Gasteiger partial charge in [0.05, 0.1) is 25.3 Å². The highest BCUT2D eigenvalue weighted by atomic mass is 16.5. The van der Waals surface area contributed by atoms with Crippen LogP contribution in [-0.4, -0.2) is 64.7 Å². The van der Waals surface area contributed by atoms with Gasteiger partial charge in [-0.15, -0.1) is 0 Å². The van der Waals surface area contributed by atoms with Gasteiger partial charge in [0.15, 0.2) is 0 Å². The Morgan fingerprint density at radius 3 is 2.79 bits per heavy atom. The first kappa shape index (κ1) is 22.9. The molecule has 2 N–H and O–H groups in total. The first-order chi connectivity index (χ1) is 13.8. The van der Waals surface area contributed by atoms with E-state index < -0.39 is 5.97 Å². The van der Waals surface area contributed by atoms with E-state index in [0.717, 1.165) is 32.2 Å². The molecule has 0 saturated carbocycles. The van der Waals surface area contributed by atoms with Crippen LogP contribution in [0.4, 0.5) is 5.82 Å². The van der Waals surface area contributed by atoms with Gasteiger partial charge in [-0.05, 0) is 39.7 Å². The average Bonchev–Trinajstić information content (AvgIpc) is 3.02. The van der Waals surface area contributed by atoms with Crippen molar-refractivity contribution in [1.29, 1.82) is 0 Å². The van der Waals surface area contributed by atoms with Crippen LogP contribution >= 0.6 is 0 Å². The Balaban J connectivity index is 1.92. The third kappa shape index (κ3) is 6.56. The summed E-state index contributed by atoms with van der Waals surface area (Å²) < 4.78 is 6.44. The van der Waals surface area contributed by atoms with Gasteiger partial charge in [0, 0.05) is 19.6 Å². The molecule has 0 radical (unpaired) electrons. The number of rotatable bonds is 9. The van der Waals surface area contributed by atoms with Gasteiger partial charge in [0.1, 0.15) is 11.4 Å². The summed E-state index contributed by atoms with van der Waals surface area (Å²) in [4.78, 5) is 39.1. The number of hydrogen-bond acceptors (Lipinski definition) is 6. The Labute approximate surface area is 172 Å². The van der Waals surface area contributed by atoms with E-state index in [4.69, 9.17) is 4.74 Å². The van der Waals surface area contributed by atoms with Crippen LogP contribution in [0.5, 0.6) is 0 Å². The zero-order valence-corrected chi connectivity index (χ0v) is 17.9. The summed E-state index contributed by atoms with van der Waals surface area (Å²) in [5.74, 6) is -0.505. The molecule has 1 fully saturated rings. The lowest BCUT2D eigenvalue weighted by Crippen LogP contribution is -2.47. The van der Waals surface area contributed by atoms with Crippen molar-refractivity contribution in [3.8, 4) is 0 Å². The molecule has 2 heterocycles. The maximum Gasteiger partial charge on any atom is 0.343 e. The second-order valence-electron chi connectivity index (χ2n) is 7.57. The van der Waals surface area contributed by atoms with Gasteiger partial charge >= 0.3 is 5.97 Å². The van der Waals surface area contributed by atoms with Gasteiger partial charge in [-0.3, -0.25) is 19.2 Å². The third-order valence-electron chi connectivity index (χ3n) is 5.05. The van der Waals surface area contributed by atoms with Crippen LogP contribution in [0, 0.1) is 5.92 Å². The Hall–Kier alpha value is -2.42. The topological polar surface area (TPSA) is 106 Å². The fraction of sp³-hybridized carbons (Fsp3) is 0.700. The van der Waals surface area contributed by atoms with Crippen molar-refractivity contribution in [2.45, 2.75) is 52.5 Å². The standard InChI is InChI=1S/C20H33N5O4/c1-5-8-14(3)22-19(27)15-9-7-10-25(12-15)13-17(26)23-18-16(11-21-24(18)4)20(28)29-6-2/h11,14-15H,5-10,12-13H2,1-4H3,(H,22,27)(H,23,26). The molecule has 1 saturated heterocycles. The molecule has 1 aromatic heterocycles. The first-order valence-corrected chi connectivity index (χ1v) is 10.4. The maximum atomic E-state index is 12.6. The molecular formula is C20H33N5O4. The van der Waals surface area contributed by atoms with E-state index in [1.54, 1.807) is 14.0 Å². The molecule has 2 rings (SSSR count). The van der Waals surface area contributed by atoms with E-state index in [9.17, 15) is 14.4 Å². The second-order valence-corrected chi connectivity index (χ2v) is 7.57. The number of aryl methyl sites for hydroxylation is 1. The SMILES string of the molecule is CCCC(C)NC(=O)C1CCCN(CC(=O)Nc2c(C(=O)OCC)cnn2C)C1. The lowest BCUT2D eigenvalue weighted by molar-refractivity contribution is -0.128. The van der Waals surface area contributed by atoms with E-state index in [1.807, 2.05) is 11.8 Å². The molecule has 9 heteroatoms. The van der Waals surface area contributed by atoms with Crippen LogP contribution in [0.1, 0.15) is 56.8 Å². The molecule has 2 amide bonds. The number of anilines is 1. The van der Waals surface area contributed by atoms with Crippen LogP contribution in [0.25, 0.3) is 0 Å². The molecule has 0 aliphatic carbocycles. The molecule has 1 aliphatic rings. The lowest BCUT2D eigenvalue weighted by atomic mass is 9.96. The highest BCUT2D eigenvalue weighted by Crippen LogP contribution is 2.18. The summed E-state index contributed by atoms with van der Waals surface area (Å²) in [5.41, 5.74) is 0.225. The fourth-order valence-electron chi connectivity index (χ4n) is 3.60. The molecular weight excluding hydrogens is 374 g/mol. The largest absolute Gasteiger partial charge is 0.462 e. The van der Waals surface area contributed by atoms with E-state index in [0.29, 0.717) is 12.4 Å². The molecule has 2 atom stereocenters. The number of carbonyl (C=O) groups is 3. The normalized spacial score (nSPS) is 18.1. The Bertz CT molecular complexity index is 718. The average molecular weight is 408 g/mol. The molecule has 0 aromatic carbocycles. The number of amides is 2. The van der Waals surface area contributed by atoms with Crippen molar-refractivity contribution in [1.82, 2.24) is 20.0 Å². The van der Waals surface area contributed by atoms with E-state index in [1.165, 1.54) is 10.9 Å². The molecule has 1 aromatic rings. The molecule has 0 bridgehead atoms. The summed E-state index contributed by atoms with van der Waals surface area (Å²) >= 11 is 0. The monoisotopic (exact) mass is 407 g/mol. The summed E-state index contributed by atoms with van der Waals surface area (Å²) in [6.45, 7) is 7.55. The molecule has 1 aliphatic heterocycles. The van der Waals surface area contributed by atoms with Gasteiger partial charge in [-0.25, -0.2) is 4.79 Å².